The van der Waals surface area contributed by atoms with Crippen LogP contribution in [0.5, 0.6) is 0 Å². The Kier molecular flexibility index (Phi) is 5.08. The summed E-state index contributed by atoms with van der Waals surface area (Å²) < 4.78 is 0. The largest absolute Gasteiger partial charge is 0.478 e. The number of allylic oxidation sites excluding steroid dienone is 3. The molecule has 25 heavy (non-hydrogen) atoms. The second-order valence-electron chi connectivity index (χ2n) is 5.81. The van der Waals surface area contributed by atoms with Crippen LogP contribution in [0.2, 0.25) is 0 Å². The summed E-state index contributed by atoms with van der Waals surface area (Å²) in [7, 11) is 0. The van der Waals surface area contributed by atoms with Crippen LogP contribution in [0.1, 0.15) is 37.8 Å². The highest BCUT2D eigenvalue weighted by Crippen LogP contribution is 2.40. The Labute approximate surface area is 145 Å². The van der Waals surface area contributed by atoms with E-state index in [9.17, 15) is 19.8 Å². The lowest BCUT2D eigenvalue weighted by Gasteiger charge is -2.29. The zero-order chi connectivity index (χ0) is 18.7. The number of hydrogen-bond donors (Lipinski definition) is 3. The minimum Gasteiger partial charge on any atom is -0.478 e. The number of carboxylic acid groups (broad SMARTS) is 2. The lowest BCUT2D eigenvalue weighted by atomic mass is 9.78. The van der Waals surface area contributed by atoms with Gasteiger partial charge in [-0.25, -0.2) is 9.59 Å². The Balaban J connectivity index is 2.80. The first-order valence-electron chi connectivity index (χ1n) is 7.60. The molecule has 1 aliphatic heterocycles. The molecule has 0 bridgehead atoms. The van der Waals surface area contributed by atoms with E-state index in [0.717, 1.165) is 0 Å². The number of nitrogens with one attached hydrogen (secondary N) is 1. The van der Waals surface area contributed by atoms with Gasteiger partial charge in [0.05, 0.1) is 23.1 Å². The lowest BCUT2D eigenvalue weighted by Crippen LogP contribution is -2.31. The van der Waals surface area contributed by atoms with Crippen molar-refractivity contribution in [2.24, 2.45) is 0 Å². The molecule has 0 aliphatic carbocycles. The number of carbonyl (C=O) groups is 2. The van der Waals surface area contributed by atoms with Crippen LogP contribution in [0.15, 0.2) is 52.4 Å². The molecule has 1 aliphatic rings. The molecule has 0 unspecified atom stereocenters. The summed E-state index contributed by atoms with van der Waals surface area (Å²) in [4.78, 5) is 23.7. The second-order valence-corrected chi connectivity index (χ2v) is 5.81. The smallest absolute Gasteiger partial charge is 0.334 e. The average molecular weight is 338 g/mol. The number of nitrogens with zero attached hydrogens (tertiary/aromatic N) is 1. The molecule has 6 nitrogen and oxygen atoms in total. The molecule has 0 aromatic heterocycles. The molecular weight excluding hydrogens is 320 g/mol. The van der Waals surface area contributed by atoms with Gasteiger partial charge < -0.3 is 15.5 Å². The number of dihydropyridines is 1. The van der Waals surface area contributed by atoms with Crippen LogP contribution >= 0.6 is 0 Å². The second kappa shape index (κ2) is 7.05. The summed E-state index contributed by atoms with van der Waals surface area (Å²) in [5.41, 5.74) is 2.36. The first-order chi connectivity index (χ1) is 11.8. The standard InChI is InChI=1S/C19H18N2O4/c1-10(9-20)8-13-6-4-5-7-14(13)17-15(18(22)23)11(2)21-12(3)16(17)19(24)25/h4-8,17,21H,1-3H3,(H,22,23)(H,24,25). The molecule has 6 heteroatoms. The van der Waals surface area contributed by atoms with E-state index in [0.29, 0.717) is 28.1 Å². The van der Waals surface area contributed by atoms with Crippen molar-refractivity contribution in [2.75, 3.05) is 0 Å². The van der Waals surface area contributed by atoms with E-state index in [1.54, 1.807) is 51.1 Å². The Hall–Kier alpha value is -3.33. The maximum absolute atomic E-state index is 11.8. The van der Waals surface area contributed by atoms with Crippen LogP contribution in [-0.2, 0) is 9.59 Å². The molecule has 0 saturated heterocycles. The summed E-state index contributed by atoms with van der Waals surface area (Å²) in [5, 5.41) is 31.2. The Morgan fingerprint density at radius 2 is 1.64 bits per heavy atom. The van der Waals surface area contributed by atoms with Gasteiger partial charge in [-0.05, 0) is 38.0 Å². The van der Waals surface area contributed by atoms with E-state index in [1.807, 2.05) is 6.07 Å². The SMILES string of the molecule is CC(C#N)=Cc1ccccc1C1C(C(=O)O)=C(C)NC(C)=C1C(=O)O. The normalized spacial score (nSPS) is 15.7. The molecule has 0 saturated carbocycles. The molecule has 0 amide bonds. The molecule has 3 N–H and O–H groups in total. The van der Waals surface area contributed by atoms with Crippen LogP contribution in [0, 0.1) is 11.3 Å². The van der Waals surface area contributed by atoms with Gasteiger partial charge >= 0.3 is 11.9 Å². The number of carboxylic acids is 2. The first-order valence-corrected chi connectivity index (χ1v) is 7.60. The monoisotopic (exact) mass is 338 g/mol. The Morgan fingerprint density at radius 3 is 2.12 bits per heavy atom. The van der Waals surface area contributed by atoms with Gasteiger partial charge in [0.15, 0.2) is 0 Å². The summed E-state index contributed by atoms with van der Waals surface area (Å²) in [6, 6.07) is 8.93. The summed E-state index contributed by atoms with van der Waals surface area (Å²) in [6.07, 6.45) is 1.63. The molecule has 128 valence electrons. The highest BCUT2D eigenvalue weighted by atomic mass is 16.4. The van der Waals surface area contributed by atoms with Gasteiger partial charge in [-0.15, -0.1) is 0 Å². The van der Waals surface area contributed by atoms with Crippen LogP contribution < -0.4 is 5.32 Å². The fourth-order valence-corrected chi connectivity index (χ4v) is 3.04. The fraction of sp³-hybridized carbons (Fsp3) is 0.211. The molecule has 1 aromatic rings. The quantitative estimate of drug-likeness (QED) is 0.728. The van der Waals surface area contributed by atoms with Crippen molar-refractivity contribution < 1.29 is 19.8 Å². The van der Waals surface area contributed by atoms with E-state index in [-0.39, 0.29) is 11.1 Å². The molecule has 1 heterocycles. The molecule has 0 radical (unpaired) electrons. The van der Waals surface area contributed by atoms with Gasteiger partial charge in [-0.2, -0.15) is 5.26 Å². The lowest BCUT2D eigenvalue weighted by molar-refractivity contribution is -0.133. The van der Waals surface area contributed by atoms with Crippen LogP contribution in [0.25, 0.3) is 6.08 Å². The summed E-state index contributed by atoms with van der Waals surface area (Å²) in [5.74, 6) is -3.30. The number of rotatable bonds is 4. The summed E-state index contributed by atoms with van der Waals surface area (Å²) in [6.45, 7) is 4.85. The van der Waals surface area contributed by atoms with E-state index in [2.05, 4.69) is 5.32 Å². The van der Waals surface area contributed by atoms with Gasteiger partial charge in [0.25, 0.3) is 0 Å². The zero-order valence-electron chi connectivity index (χ0n) is 14.1. The third kappa shape index (κ3) is 3.45. The number of hydrogen-bond acceptors (Lipinski definition) is 4. The van der Waals surface area contributed by atoms with Crippen molar-refractivity contribution in [2.45, 2.75) is 26.7 Å². The van der Waals surface area contributed by atoms with Crippen LogP contribution in [-0.4, -0.2) is 22.2 Å². The van der Waals surface area contributed by atoms with Crippen molar-refractivity contribution in [1.82, 2.24) is 5.32 Å². The number of nitriles is 1. The van der Waals surface area contributed by atoms with Gasteiger partial charge in [0, 0.05) is 17.0 Å². The minimum absolute atomic E-state index is 0.0153. The van der Waals surface area contributed by atoms with Crippen LogP contribution in [0.4, 0.5) is 0 Å². The first kappa shape index (κ1) is 18.0. The van der Waals surface area contributed by atoms with E-state index in [1.165, 1.54) is 0 Å². The maximum Gasteiger partial charge on any atom is 0.334 e. The topological polar surface area (TPSA) is 110 Å². The van der Waals surface area contributed by atoms with Gasteiger partial charge in [-0.1, -0.05) is 24.3 Å². The van der Waals surface area contributed by atoms with Crippen molar-refractivity contribution in [1.29, 1.82) is 5.26 Å². The summed E-state index contributed by atoms with van der Waals surface area (Å²) >= 11 is 0. The minimum atomic E-state index is -1.18. The van der Waals surface area contributed by atoms with Crippen molar-refractivity contribution >= 4 is 18.0 Å². The Morgan fingerprint density at radius 1 is 1.12 bits per heavy atom. The molecular formula is C19H18N2O4. The molecule has 2 rings (SSSR count). The average Bonchev–Trinajstić information content (AvgIpc) is 2.53. The van der Waals surface area contributed by atoms with Crippen molar-refractivity contribution in [3.8, 4) is 6.07 Å². The highest BCUT2D eigenvalue weighted by molar-refractivity contribution is 5.98. The number of aliphatic carboxylic acids is 2. The molecule has 1 aromatic carbocycles. The van der Waals surface area contributed by atoms with Gasteiger partial charge in [0.2, 0.25) is 0 Å². The third-order valence-corrected chi connectivity index (χ3v) is 4.08. The predicted octanol–water partition coefficient (Wildman–Crippen LogP) is 3.02. The predicted molar refractivity (Wildman–Crippen MR) is 92.3 cm³/mol. The van der Waals surface area contributed by atoms with Gasteiger partial charge in [0.1, 0.15) is 0 Å². The van der Waals surface area contributed by atoms with Gasteiger partial charge in [-0.3, -0.25) is 0 Å². The van der Waals surface area contributed by atoms with Crippen LogP contribution in [0.3, 0.4) is 0 Å². The molecule has 0 spiro atoms. The van der Waals surface area contributed by atoms with Crippen molar-refractivity contribution in [3.05, 3.63) is 63.5 Å². The van der Waals surface area contributed by atoms with Crippen molar-refractivity contribution in [3.63, 3.8) is 0 Å². The third-order valence-electron chi connectivity index (χ3n) is 4.08. The fourth-order valence-electron chi connectivity index (χ4n) is 3.04. The number of benzene rings is 1. The van der Waals surface area contributed by atoms with E-state index >= 15 is 0 Å². The Bertz CT molecular complexity index is 849. The highest BCUT2D eigenvalue weighted by Gasteiger charge is 2.37. The maximum atomic E-state index is 11.8. The molecule has 0 fully saturated rings. The van der Waals surface area contributed by atoms with E-state index in [4.69, 9.17) is 5.26 Å². The van der Waals surface area contributed by atoms with E-state index < -0.39 is 17.9 Å². The molecule has 0 atom stereocenters. The zero-order valence-corrected chi connectivity index (χ0v) is 14.1.